The monoisotopic (exact) mass is 374 g/mol. The first kappa shape index (κ1) is 15.6. The number of hydrogen-bond donors (Lipinski definition) is 2. The van der Waals surface area contributed by atoms with E-state index >= 15 is 0 Å². The minimum Gasteiger partial charge on any atom is -0.496 e. The van der Waals surface area contributed by atoms with Crippen molar-refractivity contribution in [1.82, 2.24) is 5.43 Å². The lowest BCUT2D eigenvalue weighted by Crippen LogP contribution is -2.29. The van der Waals surface area contributed by atoms with Gasteiger partial charge in [0.05, 0.1) is 27.7 Å². The van der Waals surface area contributed by atoms with Crippen LogP contribution in [0, 0.1) is 0 Å². The van der Waals surface area contributed by atoms with E-state index in [0.29, 0.717) is 10.0 Å². The normalized spacial score (nSPS) is 12.2. The lowest BCUT2D eigenvalue weighted by molar-refractivity contribution is 0.411. The Balaban J connectivity index is 2.47. The van der Waals surface area contributed by atoms with Gasteiger partial charge in [-0.1, -0.05) is 41.4 Å². The van der Waals surface area contributed by atoms with Crippen LogP contribution >= 0.6 is 39.1 Å². The van der Waals surface area contributed by atoms with E-state index in [-0.39, 0.29) is 6.04 Å². The van der Waals surface area contributed by atoms with Gasteiger partial charge in [-0.3, -0.25) is 5.84 Å². The van der Waals surface area contributed by atoms with Gasteiger partial charge in [-0.05, 0) is 45.3 Å². The number of nitrogens with one attached hydrogen (secondary N) is 1. The predicted octanol–water partition coefficient (Wildman–Crippen LogP) is 4.32. The molecule has 0 aliphatic heterocycles. The smallest absolute Gasteiger partial charge is 0.133 e. The van der Waals surface area contributed by atoms with Gasteiger partial charge in [-0.2, -0.15) is 0 Å². The first-order valence-corrected chi connectivity index (χ1v) is 7.36. The van der Waals surface area contributed by atoms with Crippen molar-refractivity contribution in [2.45, 2.75) is 6.04 Å². The van der Waals surface area contributed by atoms with E-state index in [2.05, 4.69) is 21.4 Å². The van der Waals surface area contributed by atoms with E-state index in [1.54, 1.807) is 13.2 Å². The van der Waals surface area contributed by atoms with Crippen LogP contribution in [0.3, 0.4) is 0 Å². The van der Waals surface area contributed by atoms with Crippen molar-refractivity contribution in [3.05, 3.63) is 62.0 Å². The van der Waals surface area contributed by atoms with Gasteiger partial charge in [0.1, 0.15) is 5.75 Å². The molecule has 2 aromatic rings. The Morgan fingerprint density at radius 3 is 2.60 bits per heavy atom. The van der Waals surface area contributed by atoms with Crippen LogP contribution in [0.25, 0.3) is 0 Å². The molecular formula is C14H13BrCl2N2O. The Kier molecular flexibility index (Phi) is 5.29. The van der Waals surface area contributed by atoms with Gasteiger partial charge in [-0.15, -0.1) is 0 Å². The molecular weight excluding hydrogens is 363 g/mol. The Morgan fingerprint density at radius 2 is 2.00 bits per heavy atom. The van der Waals surface area contributed by atoms with Crippen molar-refractivity contribution >= 4 is 39.1 Å². The SMILES string of the molecule is COc1ccc(C(NN)c2cccc(Cl)c2Cl)cc1Br. The summed E-state index contributed by atoms with van der Waals surface area (Å²) in [4.78, 5) is 0. The maximum Gasteiger partial charge on any atom is 0.133 e. The van der Waals surface area contributed by atoms with E-state index in [1.165, 1.54) is 0 Å². The molecule has 1 unspecified atom stereocenters. The minimum atomic E-state index is -0.261. The molecule has 0 fully saturated rings. The van der Waals surface area contributed by atoms with E-state index in [9.17, 15) is 0 Å². The van der Waals surface area contributed by atoms with Gasteiger partial charge in [0.2, 0.25) is 0 Å². The first-order valence-electron chi connectivity index (χ1n) is 5.82. The van der Waals surface area contributed by atoms with Crippen LogP contribution in [0.4, 0.5) is 0 Å². The zero-order valence-corrected chi connectivity index (χ0v) is 13.8. The Morgan fingerprint density at radius 1 is 1.25 bits per heavy atom. The molecule has 0 saturated carbocycles. The fourth-order valence-electron chi connectivity index (χ4n) is 1.97. The Labute approximate surface area is 136 Å². The molecule has 1 atom stereocenters. The Bertz CT molecular complexity index is 622. The molecule has 0 aliphatic carbocycles. The summed E-state index contributed by atoms with van der Waals surface area (Å²) >= 11 is 15.8. The van der Waals surface area contributed by atoms with Crippen molar-refractivity contribution in [1.29, 1.82) is 0 Å². The fraction of sp³-hybridized carbons (Fsp3) is 0.143. The second-order valence-corrected chi connectivity index (χ2v) is 5.78. The highest BCUT2D eigenvalue weighted by atomic mass is 79.9. The molecule has 0 spiro atoms. The summed E-state index contributed by atoms with van der Waals surface area (Å²) in [5, 5.41) is 0.987. The molecule has 0 bridgehead atoms. The second kappa shape index (κ2) is 6.78. The summed E-state index contributed by atoms with van der Waals surface area (Å²) in [5.74, 6) is 6.43. The van der Waals surface area contributed by atoms with Crippen molar-refractivity contribution in [2.75, 3.05) is 7.11 Å². The zero-order chi connectivity index (χ0) is 14.7. The lowest BCUT2D eigenvalue weighted by Gasteiger charge is -2.19. The number of rotatable bonds is 4. The van der Waals surface area contributed by atoms with E-state index in [0.717, 1.165) is 21.3 Å². The highest BCUT2D eigenvalue weighted by Crippen LogP contribution is 2.35. The van der Waals surface area contributed by atoms with Crippen molar-refractivity contribution < 1.29 is 4.74 Å². The summed E-state index contributed by atoms with van der Waals surface area (Å²) in [7, 11) is 1.62. The number of ether oxygens (including phenoxy) is 1. The van der Waals surface area contributed by atoms with Crippen LogP contribution in [-0.4, -0.2) is 7.11 Å². The lowest BCUT2D eigenvalue weighted by atomic mass is 9.99. The van der Waals surface area contributed by atoms with Gasteiger partial charge < -0.3 is 4.74 Å². The molecule has 0 saturated heterocycles. The minimum absolute atomic E-state index is 0.261. The fourth-order valence-corrected chi connectivity index (χ4v) is 2.95. The maximum absolute atomic E-state index is 6.25. The van der Waals surface area contributed by atoms with E-state index < -0.39 is 0 Å². The van der Waals surface area contributed by atoms with E-state index in [1.807, 2.05) is 30.3 Å². The molecule has 0 aliphatic rings. The third kappa shape index (κ3) is 3.10. The average molecular weight is 376 g/mol. The first-order chi connectivity index (χ1) is 9.58. The molecule has 0 aromatic heterocycles. The molecule has 0 radical (unpaired) electrons. The molecule has 6 heteroatoms. The van der Waals surface area contributed by atoms with Crippen LogP contribution in [0.2, 0.25) is 10.0 Å². The van der Waals surface area contributed by atoms with Crippen LogP contribution in [0.15, 0.2) is 40.9 Å². The highest BCUT2D eigenvalue weighted by Gasteiger charge is 2.18. The molecule has 2 rings (SSSR count). The summed E-state index contributed by atoms with van der Waals surface area (Å²) < 4.78 is 6.06. The average Bonchev–Trinajstić information content (AvgIpc) is 2.44. The Hall–Kier alpha value is -0.780. The number of nitrogens with two attached hydrogens (primary N) is 1. The number of hydrogen-bond acceptors (Lipinski definition) is 3. The van der Waals surface area contributed by atoms with Gasteiger partial charge in [0, 0.05) is 0 Å². The molecule has 20 heavy (non-hydrogen) atoms. The highest BCUT2D eigenvalue weighted by molar-refractivity contribution is 9.10. The third-order valence-corrected chi connectivity index (χ3v) is 4.42. The van der Waals surface area contributed by atoms with Crippen LogP contribution in [0.1, 0.15) is 17.2 Å². The number of benzene rings is 2. The number of halogens is 3. The predicted molar refractivity (Wildman–Crippen MR) is 86.3 cm³/mol. The van der Waals surface area contributed by atoms with Crippen molar-refractivity contribution in [3.8, 4) is 5.75 Å². The number of hydrazine groups is 1. The van der Waals surface area contributed by atoms with E-state index in [4.69, 9.17) is 33.8 Å². The summed E-state index contributed by atoms with van der Waals surface area (Å²) in [6.07, 6.45) is 0. The largest absolute Gasteiger partial charge is 0.496 e. The molecule has 2 aromatic carbocycles. The topological polar surface area (TPSA) is 47.3 Å². The summed E-state index contributed by atoms with van der Waals surface area (Å²) in [6, 6.07) is 10.9. The molecule has 3 N–H and O–H groups in total. The molecule has 3 nitrogen and oxygen atoms in total. The third-order valence-electron chi connectivity index (χ3n) is 2.97. The quantitative estimate of drug-likeness (QED) is 0.618. The zero-order valence-electron chi connectivity index (χ0n) is 10.7. The molecule has 106 valence electrons. The van der Waals surface area contributed by atoms with Crippen molar-refractivity contribution in [3.63, 3.8) is 0 Å². The van der Waals surface area contributed by atoms with Crippen LogP contribution in [0.5, 0.6) is 5.75 Å². The van der Waals surface area contributed by atoms with Gasteiger partial charge in [-0.25, -0.2) is 5.43 Å². The molecule has 0 heterocycles. The standard InChI is InChI=1S/C14H13BrCl2N2O/c1-20-12-6-5-8(7-10(12)15)14(19-18)9-3-2-4-11(16)13(9)17/h2-7,14,19H,18H2,1H3. The van der Waals surface area contributed by atoms with Gasteiger partial charge in [0.15, 0.2) is 0 Å². The van der Waals surface area contributed by atoms with Crippen LogP contribution < -0.4 is 16.0 Å². The molecule has 0 amide bonds. The summed E-state index contributed by atoms with van der Waals surface area (Å²) in [6.45, 7) is 0. The van der Waals surface area contributed by atoms with Crippen molar-refractivity contribution in [2.24, 2.45) is 5.84 Å². The van der Waals surface area contributed by atoms with Gasteiger partial charge in [0.25, 0.3) is 0 Å². The maximum atomic E-state index is 6.25. The van der Waals surface area contributed by atoms with Crippen LogP contribution in [-0.2, 0) is 0 Å². The number of methoxy groups -OCH3 is 1. The van der Waals surface area contributed by atoms with Gasteiger partial charge >= 0.3 is 0 Å². The second-order valence-electron chi connectivity index (χ2n) is 4.14. The summed E-state index contributed by atoms with van der Waals surface area (Å²) in [5.41, 5.74) is 4.53.